The Balaban J connectivity index is 2.47. The molecule has 0 saturated heterocycles. The van der Waals surface area contributed by atoms with Crippen molar-refractivity contribution in [3.05, 3.63) is 29.3 Å². The SMILES string of the molecule is CCN1CCc2c(cccc2S(=O)(=O)Cl)C1. The molecule has 0 saturated carbocycles. The summed E-state index contributed by atoms with van der Waals surface area (Å²) in [7, 11) is 1.81. The third-order valence-electron chi connectivity index (χ3n) is 3.01. The van der Waals surface area contributed by atoms with E-state index in [2.05, 4.69) is 11.8 Å². The summed E-state index contributed by atoms with van der Waals surface area (Å²) < 4.78 is 22.8. The van der Waals surface area contributed by atoms with Crippen molar-refractivity contribution in [1.29, 1.82) is 0 Å². The number of hydrogen-bond acceptors (Lipinski definition) is 3. The van der Waals surface area contributed by atoms with E-state index in [-0.39, 0.29) is 4.90 Å². The molecule has 0 atom stereocenters. The fourth-order valence-electron chi connectivity index (χ4n) is 2.13. The van der Waals surface area contributed by atoms with Gasteiger partial charge in [-0.1, -0.05) is 19.1 Å². The van der Waals surface area contributed by atoms with Crippen LogP contribution in [0.3, 0.4) is 0 Å². The van der Waals surface area contributed by atoms with Gasteiger partial charge in [0, 0.05) is 23.8 Å². The van der Waals surface area contributed by atoms with Gasteiger partial charge in [-0.05, 0) is 30.2 Å². The van der Waals surface area contributed by atoms with Gasteiger partial charge in [0.1, 0.15) is 0 Å². The average Bonchev–Trinajstić information content (AvgIpc) is 2.26. The van der Waals surface area contributed by atoms with E-state index in [4.69, 9.17) is 10.7 Å². The van der Waals surface area contributed by atoms with E-state index in [1.165, 1.54) is 0 Å². The molecule has 2 rings (SSSR count). The van der Waals surface area contributed by atoms with Gasteiger partial charge < -0.3 is 0 Å². The largest absolute Gasteiger partial charge is 0.299 e. The quantitative estimate of drug-likeness (QED) is 0.763. The highest BCUT2D eigenvalue weighted by molar-refractivity contribution is 8.13. The fourth-order valence-corrected chi connectivity index (χ4v) is 3.33. The molecule has 5 heteroatoms. The Morgan fingerprint density at radius 2 is 2.19 bits per heavy atom. The fraction of sp³-hybridized carbons (Fsp3) is 0.455. The second kappa shape index (κ2) is 4.35. The molecule has 0 fully saturated rings. The molecule has 0 unspecified atom stereocenters. The zero-order valence-corrected chi connectivity index (χ0v) is 10.7. The second-order valence-corrected chi connectivity index (χ2v) is 6.48. The maximum absolute atomic E-state index is 11.4. The van der Waals surface area contributed by atoms with Crippen LogP contribution in [-0.2, 0) is 22.0 Å². The summed E-state index contributed by atoms with van der Waals surface area (Å²) in [5, 5.41) is 0. The van der Waals surface area contributed by atoms with E-state index in [0.717, 1.165) is 37.2 Å². The molecule has 1 aliphatic rings. The minimum atomic E-state index is -3.61. The van der Waals surface area contributed by atoms with E-state index in [9.17, 15) is 8.42 Å². The summed E-state index contributed by atoms with van der Waals surface area (Å²) in [6.45, 7) is 4.80. The van der Waals surface area contributed by atoms with Crippen molar-refractivity contribution in [2.75, 3.05) is 13.1 Å². The van der Waals surface area contributed by atoms with Crippen LogP contribution in [0.15, 0.2) is 23.1 Å². The Labute approximate surface area is 100 Å². The smallest absolute Gasteiger partial charge is 0.261 e. The van der Waals surface area contributed by atoms with Crippen LogP contribution in [0, 0.1) is 0 Å². The average molecular weight is 260 g/mol. The minimum Gasteiger partial charge on any atom is -0.299 e. The van der Waals surface area contributed by atoms with Gasteiger partial charge in [-0.15, -0.1) is 0 Å². The number of hydrogen-bond donors (Lipinski definition) is 0. The predicted octanol–water partition coefficient (Wildman–Crippen LogP) is 1.99. The Morgan fingerprint density at radius 3 is 2.81 bits per heavy atom. The van der Waals surface area contributed by atoms with Gasteiger partial charge in [0.2, 0.25) is 0 Å². The monoisotopic (exact) mass is 259 g/mol. The van der Waals surface area contributed by atoms with Crippen molar-refractivity contribution in [2.45, 2.75) is 24.8 Å². The highest BCUT2D eigenvalue weighted by Crippen LogP contribution is 2.27. The summed E-state index contributed by atoms with van der Waals surface area (Å²) >= 11 is 0. The van der Waals surface area contributed by atoms with Crippen LogP contribution in [0.25, 0.3) is 0 Å². The van der Waals surface area contributed by atoms with E-state index in [1.807, 2.05) is 6.07 Å². The highest BCUT2D eigenvalue weighted by atomic mass is 35.7. The summed E-state index contributed by atoms with van der Waals surface area (Å²) in [4.78, 5) is 2.56. The topological polar surface area (TPSA) is 37.4 Å². The lowest BCUT2D eigenvalue weighted by Crippen LogP contribution is -2.30. The second-order valence-electron chi connectivity index (χ2n) is 3.95. The number of fused-ring (bicyclic) bond motifs is 1. The first kappa shape index (κ1) is 11.9. The van der Waals surface area contributed by atoms with E-state index in [0.29, 0.717) is 0 Å². The van der Waals surface area contributed by atoms with E-state index < -0.39 is 9.05 Å². The molecular formula is C11H14ClNO2S. The van der Waals surface area contributed by atoms with E-state index in [1.54, 1.807) is 12.1 Å². The lowest BCUT2D eigenvalue weighted by Gasteiger charge is -2.28. The number of likely N-dealkylation sites (N-methyl/N-ethyl adjacent to an activating group) is 1. The lowest BCUT2D eigenvalue weighted by atomic mass is 10.00. The zero-order valence-electron chi connectivity index (χ0n) is 9.11. The molecule has 0 bridgehead atoms. The molecule has 0 radical (unpaired) electrons. The van der Waals surface area contributed by atoms with Crippen LogP contribution < -0.4 is 0 Å². The molecule has 1 aliphatic heterocycles. The van der Waals surface area contributed by atoms with Gasteiger partial charge in [0.25, 0.3) is 9.05 Å². The van der Waals surface area contributed by atoms with Crippen molar-refractivity contribution < 1.29 is 8.42 Å². The first-order chi connectivity index (χ1) is 7.52. The van der Waals surface area contributed by atoms with Crippen molar-refractivity contribution in [3.8, 4) is 0 Å². The van der Waals surface area contributed by atoms with Crippen LogP contribution in [0.4, 0.5) is 0 Å². The molecule has 0 spiro atoms. The van der Waals surface area contributed by atoms with Gasteiger partial charge in [0.05, 0.1) is 4.90 Å². The first-order valence-electron chi connectivity index (χ1n) is 5.30. The maximum Gasteiger partial charge on any atom is 0.261 e. The molecule has 0 N–H and O–H groups in total. The molecule has 88 valence electrons. The van der Waals surface area contributed by atoms with Crippen molar-refractivity contribution in [1.82, 2.24) is 4.90 Å². The number of rotatable bonds is 2. The van der Waals surface area contributed by atoms with Gasteiger partial charge in [-0.2, -0.15) is 0 Å². The standard InChI is InChI=1S/C11H14ClNO2S/c1-2-13-7-6-10-9(8-13)4-3-5-11(10)16(12,14)15/h3-5H,2,6-8H2,1H3. The molecule has 0 aliphatic carbocycles. The summed E-state index contributed by atoms with van der Waals surface area (Å²) in [5.74, 6) is 0. The number of halogens is 1. The van der Waals surface area contributed by atoms with Gasteiger partial charge in [-0.25, -0.2) is 8.42 Å². The van der Waals surface area contributed by atoms with Gasteiger partial charge in [-0.3, -0.25) is 4.90 Å². The minimum absolute atomic E-state index is 0.280. The Morgan fingerprint density at radius 1 is 1.44 bits per heavy atom. The molecule has 1 aromatic carbocycles. The molecule has 16 heavy (non-hydrogen) atoms. The highest BCUT2D eigenvalue weighted by Gasteiger charge is 2.22. The van der Waals surface area contributed by atoms with Crippen LogP contribution in [-0.4, -0.2) is 26.4 Å². The Bertz CT molecular complexity index is 499. The summed E-state index contributed by atoms with van der Waals surface area (Å²) in [6.07, 6.45) is 0.755. The normalized spacial score (nSPS) is 17.1. The van der Waals surface area contributed by atoms with Gasteiger partial charge >= 0.3 is 0 Å². The number of benzene rings is 1. The maximum atomic E-state index is 11.4. The van der Waals surface area contributed by atoms with Crippen molar-refractivity contribution in [3.63, 3.8) is 0 Å². The third kappa shape index (κ3) is 2.24. The molecule has 1 heterocycles. The molecule has 0 amide bonds. The Hall–Kier alpha value is -0.580. The van der Waals surface area contributed by atoms with Crippen LogP contribution in [0.2, 0.25) is 0 Å². The summed E-state index contributed by atoms with van der Waals surface area (Å²) in [6, 6.07) is 5.32. The van der Waals surface area contributed by atoms with Crippen LogP contribution in [0.1, 0.15) is 18.1 Å². The molecular weight excluding hydrogens is 246 g/mol. The lowest BCUT2D eigenvalue weighted by molar-refractivity contribution is 0.266. The number of nitrogens with zero attached hydrogens (tertiary/aromatic N) is 1. The zero-order chi connectivity index (χ0) is 11.8. The molecule has 1 aromatic rings. The van der Waals surface area contributed by atoms with E-state index >= 15 is 0 Å². The molecule has 3 nitrogen and oxygen atoms in total. The third-order valence-corrected chi connectivity index (χ3v) is 4.42. The molecule has 0 aromatic heterocycles. The predicted molar refractivity (Wildman–Crippen MR) is 64.1 cm³/mol. The summed E-state index contributed by atoms with van der Waals surface area (Å²) in [5.41, 5.74) is 1.97. The van der Waals surface area contributed by atoms with Crippen molar-refractivity contribution in [2.24, 2.45) is 0 Å². The van der Waals surface area contributed by atoms with Gasteiger partial charge in [0.15, 0.2) is 0 Å². The van der Waals surface area contributed by atoms with Crippen LogP contribution in [0.5, 0.6) is 0 Å². The Kier molecular flexibility index (Phi) is 3.24. The van der Waals surface area contributed by atoms with Crippen molar-refractivity contribution >= 4 is 19.7 Å². The van der Waals surface area contributed by atoms with Crippen LogP contribution >= 0.6 is 10.7 Å². The first-order valence-corrected chi connectivity index (χ1v) is 7.61.